The average molecular weight is 335 g/mol. The van der Waals surface area contributed by atoms with Crippen molar-refractivity contribution in [1.82, 2.24) is 9.80 Å². The first-order valence-corrected chi connectivity index (χ1v) is 7.99. The summed E-state index contributed by atoms with van der Waals surface area (Å²) in [5, 5.41) is 2.80. The second-order valence-electron chi connectivity index (χ2n) is 5.97. The topological polar surface area (TPSA) is 71.1 Å². The number of nitrogens with zero attached hydrogens (tertiary/aromatic N) is 2. The highest BCUT2D eigenvalue weighted by atomic mass is 16.5. The Morgan fingerprint density at radius 3 is 2.67 bits per heavy atom. The molecule has 0 saturated carbocycles. The van der Waals surface area contributed by atoms with Gasteiger partial charge in [-0.1, -0.05) is 0 Å². The molecule has 1 aliphatic heterocycles. The van der Waals surface area contributed by atoms with Gasteiger partial charge in [0.25, 0.3) is 0 Å². The Morgan fingerprint density at radius 2 is 2.04 bits per heavy atom. The van der Waals surface area contributed by atoms with E-state index in [0.717, 1.165) is 5.75 Å². The van der Waals surface area contributed by atoms with Crippen molar-refractivity contribution in [1.29, 1.82) is 0 Å². The van der Waals surface area contributed by atoms with Crippen LogP contribution in [0.3, 0.4) is 0 Å². The quantitative estimate of drug-likeness (QED) is 0.833. The summed E-state index contributed by atoms with van der Waals surface area (Å²) >= 11 is 0. The van der Waals surface area contributed by atoms with Crippen LogP contribution in [0.15, 0.2) is 24.3 Å². The zero-order chi connectivity index (χ0) is 17.5. The predicted molar refractivity (Wildman–Crippen MR) is 91.1 cm³/mol. The molecule has 0 radical (unpaired) electrons. The van der Waals surface area contributed by atoms with Crippen LogP contribution in [0.1, 0.15) is 6.92 Å². The SMILES string of the molecule is COc1ccc(NC(=O)CN(C)CC(=O)N2CCOC(C)C2)cc1. The molecule has 7 nitrogen and oxygen atoms in total. The van der Waals surface area contributed by atoms with Gasteiger partial charge in [-0.05, 0) is 38.2 Å². The number of hydrogen-bond donors (Lipinski definition) is 1. The van der Waals surface area contributed by atoms with Crippen molar-refractivity contribution in [3.05, 3.63) is 24.3 Å². The maximum absolute atomic E-state index is 12.2. The van der Waals surface area contributed by atoms with Crippen molar-refractivity contribution in [2.45, 2.75) is 13.0 Å². The minimum absolute atomic E-state index is 0.0184. The summed E-state index contributed by atoms with van der Waals surface area (Å²) in [6.07, 6.45) is 0.0615. The predicted octanol–water partition coefficient (Wildman–Crippen LogP) is 0.813. The summed E-state index contributed by atoms with van der Waals surface area (Å²) < 4.78 is 10.5. The van der Waals surface area contributed by atoms with Crippen LogP contribution in [0.25, 0.3) is 0 Å². The maximum Gasteiger partial charge on any atom is 0.238 e. The van der Waals surface area contributed by atoms with Gasteiger partial charge in [-0.15, -0.1) is 0 Å². The van der Waals surface area contributed by atoms with Crippen molar-refractivity contribution in [2.24, 2.45) is 0 Å². The fourth-order valence-corrected chi connectivity index (χ4v) is 2.55. The van der Waals surface area contributed by atoms with E-state index in [1.54, 1.807) is 48.2 Å². The number of benzene rings is 1. The third-order valence-corrected chi connectivity index (χ3v) is 3.79. The van der Waals surface area contributed by atoms with E-state index in [1.807, 2.05) is 6.92 Å². The fraction of sp³-hybridized carbons (Fsp3) is 0.529. The lowest BCUT2D eigenvalue weighted by molar-refractivity contribution is -0.139. The van der Waals surface area contributed by atoms with E-state index in [0.29, 0.717) is 25.4 Å². The Bertz CT molecular complexity index is 561. The van der Waals surface area contributed by atoms with Crippen LogP contribution in [0, 0.1) is 0 Å². The standard InChI is InChI=1S/C17H25N3O4/c1-13-10-20(8-9-24-13)17(22)12-19(2)11-16(21)18-14-4-6-15(23-3)7-5-14/h4-7,13H,8-12H2,1-3H3,(H,18,21). The van der Waals surface area contributed by atoms with Crippen LogP contribution in [0.4, 0.5) is 5.69 Å². The number of likely N-dealkylation sites (N-methyl/N-ethyl adjacent to an activating group) is 1. The summed E-state index contributed by atoms with van der Waals surface area (Å²) in [6.45, 7) is 4.08. The molecule has 0 spiro atoms. The summed E-state index contributed by atoms with van der Waals surface area (Å²) in [7, 11) is 3.35. The normalized spacial score (nSPS) is 17.7. The molecule has 24 heavy (non-hydrogen) atoms. The largest absolute Gasteiger partial charge is 0.497 e. The molecule has 0 aliphatic carbocycles. The zero-order valence-electron chi connectivity index (χ0n) is 14.4. The van der Waals surface area contributed by atoms with Crippen molar-refractivity contribution >= 4 is 17.5 Å². The number of rotatable bonds is 6. The van der Waals surface area contributed by atoms with E-state index in [4.69, 9.17) is 9.47 Å². The van der Waals surface area contributed by atoms with Gasteiger partial charge in [0.05, 0.1) is 32.9 Å². The van der Waals surface area contributed by atoms with Gasteiger partial charge in [0.2, 0.25) is 11.8 Å². The van der Waals surface area contributed by atoms with Crippen molar-refractivity contribution in [2.75, 3.05) is 52.3 Å². The van der Waals surface area contributed by atoms with Crippen LogP contribution in [-0.2, 0) is 14.3 Å². The Balaban J connectivity index is 1.77. The molecule has 1 N–H and O–H groups in total. The van der Waals surface area contributed by atoms with Crippen LogP contribution >= 0.6 is 0 Å². The lowest BCUT2D eigenvalue weighted by Gasteiger charge is -2.32. The Morgan fingerprint density at radius 1 is 1.33 bits per heavy atom. The number of ether oxygens (including phenoxy) is 2. The van der Waals surface area contributed by atoms with E-state index in [9.17, 15) is 9.59 Å². The zero-order valence-corrected chi connectivity index (χ0v) is 14.4. The molecule has 1 saturated heterocycles. The van der Waals surface area contributed by atoms with E-state index >= 15 is 0 Å². The highest BCUT2D eigenvalue weighted by Crippen LogP contribution is 2.14. The summed E-state index contributed by atoms with van der Waals surface area (Å²) in [4.78, 5) is 27.8. The maximum atomic E-state index is 12.2. The molecule has 1 heterocycles. The fourth-order valence-electron chi connectivity index (χ4n) is 2.55. The molecule has 132 valence electrons. The molecule has 0 aromatic heterocycles. The van der Waals surface area contributed by atoms with Crippen molar-refractivity contribution in [3.8, 4) is 5.75 Å². The minimum atomic E-state index is -0.161. The Kier molecular flexibility index (Phi) is 6.57. The van der Waals surface area contributed by atoms with Crippen LogP contribution in [0.2, 0.25) is 0 Å². The number of nitrogens with one attached hydrogen (secondary N) is 1. The number of morpholine rings is 1. The summed E-state index contributed by atoms with van der Waals surface area (Å²) in [6, 6.07) is 7.11. The van der Waals surface area contributed by atoms with Crippen LogP contribution in [-0.4, -0.2) is 74.7 Å². The molecule has 1 atom stereocenters. The second-order valence-corrected chi connectivity index (χ2v) is 5.97. The first-order chi connectivity index (χ1) is 11.5. The molecule has 2 rings (SSSR count). The van der Waals surface area contributed by atoms with E-state index < -0.39 is 0 Å². The van der Waals surface area contributed by atoms with Crippen molar-refractivity contribution in [3.63, 3.8) is 0 Å². The smallest absolute Gasteiger partial charge is 0.238 e. The van der Waals surface area contributed by atoms with E-state index in [1.165, 1.54) is 0 Å². The molecule has 1 fully saturated rings. The molecular weight excluding hydrogens is 310 g/mol. The van der Waals surface area contributed by atoms with Crippen LogP contribution < -0.4 is 10.1 Å². The van der Waals surface area contributed by atoms with Gasteiger partial charge >= 0.3 is 0 Å². The number of anilines is 1. The monoisotopic (exact) mass is 335 g/mol. The van der Waals surface area contributed by atoms with Gasteiger partial charge in [0.15, 0.2) is 0 Å². The van der Waals surface area contributed by atoms with Gasteiger partial charge in [0, 0.05) is 18.8 Å². The third-order valence-electron chi connectivity index (χ3n) is 3.79. The van der Waals surface area contributed by atoms with Gasteiger partial charge in [0.1, 0.15) is 5.75 Å². The molecule has 0 bridgehead atoms. The highest BCUT2D eigenvalue weighted by molar-refractivity contribution is 5.92. The van der Waals surface area contributed by atoms with Crippen LogP contribution in [0.5, 0.6) is 5.75 Å². The molecule has 2 amide bonds. The first-order valence-electron chi connectivity index (χ1n) is 7.99. The third kappa shape index (κ3) is 5.50. The summed E-state index contributed by atoms with van der Waals surface area (Å²) in [5.41, 5.74) is 0.697. The van der Waals surface area contributed by atoms with Gasteiger partial charge in [-0.25, -0.2) is 0 Å². The lowest BCUT2D eigenvalue weighted by Crippen LogP contribution is -2.48. The second kappa shape index (κ2) is 8.65. The number of hydrogen-bond acceptors (Lipinski definition) is 5. The van der Waals surface area contributed by atoms with Gasteiger partial charge in [-0.3, -0.25) is 14.5 Å². The summed E-state index contributed by atoms with van der Waals surface area (Å²) in [5.74, 6) is 0.589. The first kappa shape index (κ1) is 18.2. The molecule has 1 unspecified atom stereocenters. The van der Waals surface area contributed by atoms with E-state index in [2.05, 4.69) is 5.32 Å². The molecule has 1 aromatic rings. The molecular formula is C17H25N3O4. The molecule has 1 aromatic carbocycles. The Labute approximate surface area is 142 Å². The number of carbonyl (C=O) groups excluding carboxylic acids is 2. The Hall–Kier alpha value is -2.12. The molecule has 7 heteroatoms. The highest BCUT2D eigenvalue weighted by Gasteiger charge is 2.22. The van der Waals surface area contributed by atoms with Gasteiger partial charge < -0.3 is 19.7 Å². The van der Waals surface area contributed by atoms with E-state index in [-0.39, 0.29) is 31.0 Å². The molecule has 1 aliphatic rings. The number of methoxy groups -OCH3 is 1. The minimum Gasteiger partial charge on any atom is -0.497 e. The average Bonchev–Trinajstić information content (AvgIpc) is 2.55. The van der Waals surface area contributed by atoms with Crippen molar-refractivity contribution < 1.29 is 19.1 Å². The number of carbonyl (C=O) groups is 2. The lowest BCUT2D eigenvalue weighted by atomic mass is 10.3. The number of amides is 2. The van der Waals surface area contributed by atoms with Gasteiger partial charge in [-0.2, -0.15) is 0 Å².